The Morgan fingerprint density at radius 1 is 1.47 bits per heavy atom. The first-order valence-corrected chi connectivity index (χ1v) is 6.53. The molecule has 1 aromatic carbocycles. The van der Waals surface area contributed by atoms with E-state index in [0.717, 1.165) is 30.7 Å². The molecular weight excluding hydrogens is 244 g/mol. The topological polar surface area (TPSA) is 59.6 Å². The van der Waals surface area contributed by atoms with E-state index >= 15 is 0 Å². The van der Waals surface area contributed by atoms with Gasteiger partial charge in [-0.1, -0.05) is 18.2 Å². The lowest BCUT2D eigenvalue weighted by atomic mass is 10.2. The third kappa shape index (κ3) is 4.22. The number of carbonyl (C=O) groups is 1. The Bertz CT molecular complexity index is 417. The van der Waals surface area contributed by atoms with Gasteiger partial charge in [-0.15, -0.1) is 0 Å². The summed E-state index contributed by atoms with van der Waals surface area (Å²) in [6, 6.07) is 7.39. The fraction of sp³-hybridized carbons (Fsp3) is 0.500. The summed E-state index contributed by atoms with van der Waals surface area (Å²) in [4.78, 5) is 11.8. The molecule has 1 heterocycles. The largest absolute Gasteiger partial charge is 0.380 e. The molecule has 1 fully saturated rings. The maximum atomic E-state index is 11.8. The van der Waals surface area contributed by atoms with Gasteiger partial charge in [0, 0.05) is 31.5 Å². The van der Waals surface area contributed by atoms with Crippen LogP contribution in [0, 0.1) is 0 Å². The number of urea groups is 1. The van der Waals surface area contributed by atoms with Crippen LogP contribution in [0.2, 0.25) is 0 Å². The van der Waals surface area contributed by atoms with E-state index < -0.39 is 0 Å². The molecule has 0 bridgehead atoms. The molecule has 5 nitrogen and oxygen atoms in total. The summed E-state index contributed by atoms with van der Waals surface area (Å²) in [5.41, 5.74) is 1.73. The van der Waals surface area contributed by atoms with E-state index in [4.69, 9.17) is 9.47 Å². The van der Waals surface area contributed by atoms with Gasteiger partial charge in [0.1, 0.15) is 0 Å². The van der Waals surface area contributed by atoms with Crippen LogP contribution in [0.5, 0.6) is 0 Å². The van der Waals surface area contributed by atoms with Crippen molar-refractivity contribution in [1.82, 2.24) is 5.32 Å². The maximum absolute atomic E-state index is 11.8. The van der Waals surface area contributed by atoms with Crippen molar-refractivity contribution in [3.8, 4) is 0 Å². The van der Waals surface area contributed by atoms with E-state index in [1.54, 1.807) is 7.11 Å². The number of para-hydroxylation sites is 1. The third-order valence-electron chi connectivity index (χ3n) is 3.08. The van der Waals surface area contributed by atoms with Crippen LogP contribution in [-0.4, -0.2) is 32.4 Å². The van der Waals surface area contributed by atoms with Crippen LogP contribution in [0.25, 0.3) is 0 Å². The lowest BCUT2D eigenvalue weighted by Crippen LogP contribution is -2.35. The second-order valence-electron chi connectivity index (χ2n) is 4.56. The number of anilines is 1. The van der Waals surface area contributed by atoms with Crippen LogP contribution in [0.1, 0.15) is 18.4 Å². The van der Waals surface area contributed by atoms with Gasteiger partial charge >= 0.3 is 6.03 Å². The van der Waals surface area contributed by atoms with E-state index in [1.165, 1.54) is 0 Å². The average molecular weight is 264 g/mol. The molecule has 0 radical (unpaired) electrons. The molecule has 1 atom stereocenters. The van der Waals surface area contributed by atoms with Crippen LogP contribution in [-0.2, 0) is 16.1 Å². The molecule has 0 saturated carbocycles. The van der Waals surface area contributed by atoms with Crippen molar-refractivity contribution in [1.29, 1.82) is 0 Å². The molecule has 1 saturated heterocycles. The Balaban J connectivity index is 1.83. The lowest BCUT2D eigenvalue weighted by molar-refractivity contribution is 0.112. The zero-order valence-corrected chi connectivity index (χ0v) is 11.1. The molecule has 1 aliphatic rings. The van der Waals surface area contributed by atoms with Crippen molar-refractivity contribution in [2.75, 3.05) is 25.6 Å². The van der Waals surface area contributed by atoms with E-state index in [-0.39, 0.29) is 12.1 Å². The van der Waals surface area contributed by atoms with Crippen molar-refractivity contribution in [3.63, 3.8) is 0 Å². The molecule has 0 spiro atoms. The monoisotopic (exact) mass is 264 g/mol. The third-order valence-corrected chi connectivity index (χ3v) is 3.08. The predicted molar refractivity (Wildman–Crippen MR) is 73.2 cm³/mol. The molecule has 0 aliphatic carbocycles. The zero-order chi connectivity index (χ0) is 13.5. The van der Waals surface area contributed by atoms with Crippen molar-refractivity contribution < 1.29 is 14.3 Å². The SMILES string of the molecule is COCc1ccccc1NC(=O)NCC1CCCO1. The number of methoxy groups -OCH3 is 1. The summed E-state index contributed by atoms with van der Waals surface area (Å²) in [6.45, 7) is 1.82. The number of amides is 2. The Kier molecular flexibility index (Phi) is 5.18. The first-order chi connectivity index (χ1) is 9.29. The number of benzene rings is 1. The maximum Gasteiger partial charge on any atom is 0.319 e. The standard InChI is InChI=1S/C14H20N2O3/c1-18-10-11-5-2-3-7-13(11)16-14(17)15-9-12-6-4-8-19-12/h2-3,5,7,12H,4,6,8-10H2,1H3,(H2,15,16,17). The summed E-state index contributed by atoms with van der Waals surface area (Å²) >= 11 is 0. The number of rotatable bonds is 5. The molecule has 1 aromatic rings. The number of hydrogen-bond donors (Lipinski definition) is 2. The number of hydrogen-bond acceptors (Lipinski definition) is 3. The van der Waals surface area contributed by atoms with Crippen molar-refractivity contribution in [2.24, 2.45) is 0 Å². The molecule has 2 amide bonds. The molecule has 1 aliphatic heterocycles. The molecule has 104 valence electrons. The summed E-state index contributed by atoms with van der Waals surface area (Å²) in [5, 5.41) is 5.66. The van der Waals surface area contributed by atoms with E-state index in [9.17, 15) is 4.79 Å². The zero-order valence-electron chi connectivity index (χ0n) is 11.1. The van der Waals surface area contributed by atoms with Crippen LogP contribution < -0.4 is 10.6 Å². The van der Waals surface area contributed by atoms with Gasteiger partial charge in [-0.05, 0) is 18.9 Å². The Hall–Kier alpha value is -1.59. The summed E-state index contributed by atoms with van der Waals surface area (Å²) in [6.07, 6.45) is 2.24. The number of carbonyl (C=O) groups excluding carboxylic acids is 1. The minimum absolute atomic E-state index is 0.153. The lowest BCUT2D eigenvalue weighted by Gasteiger charge is -2.13. The second kappa shape index (κ2) is 7.11. The fourth-order valence-corrected chi connectivity index (χ4v) is 2.10. The minimum Gasteiger partial charge on any atom is -0.380 e. The fourth-order valence-electron chi connectivity index (χ4n) is 2.10. The molecule has 2 N–H and O–H groups in total. The normalized spacial score (nSPS) is 18.3. The summed E-state index contributed by atoms with van der Waals surface area (Å²) < 4.78 is 10.6. The predicted octanol–water partition coefficient (Wildman–Crippen LogP) is 2.13. The highest BCUT2D eigenvalue weighted by molar-refractivity contribution is 5.90. The molecule has 5 heteroatoms. The minimum atomic E-state index is -0.209. The van der Waals surface area contributed by atoms with Crippen molar-refractivity contribution >= 4 is 11.7 Å². The van der Waals surface area contributed by atoms with E-state index in [1.807, 2.05) is 24.3 Å². The highest BCUT2D eigenvalue weighted by Crippen LogP contribution is 2.15. The van der Waals surface area contributed by atoms with Crippen molar-refractivity contribution in [3.05, 3.63) is 29.8 Å². The number of ether oxygens (including phenoxy) is 2. The molecule has 19 heavy (non-hydrogen) atoms. The van der Waals surface area contributed by atoms with Gasteiger partial charge in [0.05, 0.1) is 12.7 Å². The molecule has 0 aromatic heterocycles. The van der Waals surface area contributed by atoms with Crippen LogP contribution in [0.15, 0.2) is 24.3 Å². The van der Waals surface area contributed by atoms with Gasteiger partial charge in [-0.25, -0.2) is 4.79 Å². The van der Waals surface area contributed by atoms with Gasteiger partial charge < -0.3 is 20.1 Å². The Morgan fingerprint density at radius 2 is 2.32 bits per heavy atom. The molecular formula is C14H20N2O3. The summed E-state index contributed by atoms with van der Waals surface area (Å²) in [7, 11) is 1.63. The van der Waals surface area contributed by atoms with Gasteiger partial charge in [0.15, 0.2) is 0 Å². The average Bonchev–Trinajstić information content (AvgIpc) is 2.92. The highest BCUT2D eigenvalue weighted by Gasteiger charge is 2.16. The Labute approximate surface area is 113 Å². The van der Waals surface area contributed by atoms with Crippen LogP contribution in [0.3, 0.4) is 0 Å². The van der Waals surface area contributed by atoms with Crippen LogP contribution >= 0.6 is 0 Å². The second-order valence-corrected chi connectivity index (χ2v) is 4.56. The number of nitrogens with one attached hydrogen (secondary N) is 2. The summed E-state index contributed by atoms with van der Waals surface area (Å²) in [5.74, 6) is 0. The highest BCUT2D eigenvalue weighted by atomic mass is 16.5. The van der Waals surface area contributed by atoms with Crippen molar-refractivity contribution in [2.45, 2.75) is 25.6 Å². The smallest absolute Gasteiger partial charge is 0.319 e. The first-order valence-electron chi connectivity index (χ1n) is 6.53. The van der Waals surface area contributed by atoms with Gasteiger partial charge in [0.25, 0.3) is 0 Å². The van der Waals surface area contributed by atoms with Gasteiger partial charge in [0.2, 0.25) is 0 Å². The van der Waals surface area contributed by atoms with Gasteiger partial charge in [-0.3, -0.25) is 0 Å². The molecule has 1 unspecified atom stereocenters. The molecule has 2 rings (SSSR count). The quantitative estimate of drug-likeness (QED) is 0.856. The van der Waals surface area contributed by atoms with E-state index in [0.29, 0.717) is 13.2 Å². The van der Waals surface area contributed by atoms with Gasteiger partial charge in [-0.2, -0.15) is 0 Å². The Morgan fingerprint density at radius 3 is 3.05 bits per heavy atom. The van der Waals surface area contributed by atoms with E-state index in [2.05, 4.69) is 10.6 Å². The van der Waals surface area contributed by atoms with Crippen LogP contribution in [0.4, 0.5) is 10.5 Å². The first kappa shape index (κ1) is 13.8.